The second-order valence-corrected chi connectivity index (χ2v) is 4.58. The molecule has 0 radical (unpaired) electrons. The number of methoxy groups -OCH3 is 1. The van der Waals surface area contributed by atoms with Gasteiger partial charge in [-0.3, -0.25) is 4.90 Å². The summed E-state index contributed by atoms with van der Waals surface area (Å²) >= 11 is 0. The molecule has 98 valence electrons. The van der Waals surface area contributed by atoms with Crippen molar-refractivity contribution in [1.82, 2.24) is 4.90 Å². The van der Waals surface area contributed by atoms with Crippen LogP contribution in [0.5, 0.6) is 0 Å². The Morgan fingerprint density at radius 2 is 2.18 bits per heavy atom. The van der Waals surface area contributed by atoms with Gasteiger partial charge >= 0.3 is 0 Å². The van der Waals surface area contributed by atoms with E-state index in [4.69, 9.17) is 14.9 Å². The van der Waals surface area contributed by atoms with Crippen molar-refractivity contribution >= 4 is 0 Å². The van der Waals surface area contributed by atoms with E-state index in [1.165, 1.54) is 0 Å². The van der Waals surface area contributed by atoms with Crippen LogP contribution in [0.3, 0.4) is 0 Å². The summed E-state index contributed by atoms with van der Waals surface area (Å²) in [5.74, 6) is 1.86. The van der Waals surface area contributed by atoms with E-state index in [2.05, 4.69) is 24.8 Å². The molecular weight excluding hydrogens is 216 g/mol. The Bertz CT molecular complexity index is 334. The zero-order valence-electron chi connectivity index (χ0n) is 11.3. The number of hydrogen-bond acceptors (Lipinski definition) is 4. The molecule has 1 aromatic rings. The van der Waals surface area contributed by atoms with Crippen LogP contribution < -0.4 is 5.73 Å². The third-order valence-corrected chi connectivity index (χ3v) is 2.93. The SMILES string of the molecule is COCCN(Cc1cc(C)c(CN)o1)C(C)C. The molecule has 1 rings (SSSR count). The lowest BCUT2D eigenvalue weighted by atomic mass is 10.2. The fourth-order valence-electron chi connectivity index (χ4n) is 1.80. The second-order valence-electron chi connectivity index (χ2n) is 4.58. The van der Waals surface area contributed by atoms with Gasteiger partial charge in [0.1, 0.15) is 11.5 Å². The summed E-state index contributed by atoms with van der Waals surface area (Å²) < 4.78 is 10.8. The van der Waals surface area contributed by atoms with E-state index in [1.807, 2.05) is 6.92 Å². The molecule has 0 spiro atoms. The summed E-state index contributed by atoms with van der Waals surface area (Å²) in [5, 5.41) is 0. The summed E-state index contributed by atoms with van der Waals surface area (Å²) in [6.07, 6.45) is 0. The first-order chi connectivity index (χ1) is 8.08. The fraction of sp³-hybridized carbons (Fsp3) is 0.692. The summed E-state index contributed by atoms with van der Waals surface area (Å²) in [6, 6.07) is 2.54. The molecule has 0 aliphatic carbocycles. The average molecular weight is 240 g/mol. The Morgan fingerprint density at radius 3 is 2.65 bits per heavy atom. The minimum Gasteiger partial charge on any atom is -0.463 e. The monoisotopic (exact) mass is 240 g/mol. The molecule has 4 heteroatoms. The Balaban J connectivity index is 2.64. The Kier molecular flexibility index (Phi) is 5.68. The Hall–Kier alpha value is -0.840. The molecule has 0 aliphatic heterocycles. The van der Waals surface area contributed by atoms with Gasteiger partial charge in [-0.1, -0.05) is 0 Å². The van der Waals surface area contributed by atoms with Crippen LogP contribution in [0.15, 0.2) is 10.5 Å². The molecule has 0 saturated carbocycles. The smallest absolute Gasteiger partial charge is 0.120 e. The fourth-order valence-corrected chi connectivity index (χ4v) is 1.80. The van der Waals surface area contributed by atoms with Gasteiger partial charge in [-0.05, 0) is 32.4 Å². The third-order valence-electron chi connectivity index (χ3n) is 2.93. The van der Waals surface area contributed by atoms with Crippen molar-refractivity contribution in [3.63, 3.8) is 0 Å². The molecular formula is C13H24N2O2. The van der Waals surface area contributed by atoms with E-state index in [9.17, 15) is 0 Å². The molecule has 0 unspecified atom stereocenters. The number of rotatable bonds is 7. The van der Waals surface area contributed by atoms with Crippen LogP contribution in [0.4, 0.5) is 0 Å². The number of furan rings is 1. The maximum Gasteiger partial charge on any atom is 0.120 e. The number of aryl methyl sites for hydroxylation is 1. The van der Waals surface area contributed by atoms with Crippen molar-refractivity contribution in [3.8, 4) is 0 Å². The number of hydrogen-bond donors (Lipinski definition) is 1. The van der Waals surface area contributed by atoms with Gasteiger partial charge in [0.05, 0.1) is 19.7 Å². The van der Waals surface area contributed by atoms with Crippen LogP contribution in [-0.2, 0) is 17.8 Å². The van der Waals surface area contributed by atoms with Gasteiger partial charge in [0.25, 0.3) is 0 Å². The van der Waals surface area contributed by atoms with E-state index < -0.39 is 0 Å². The minimum atomic E-state index is 0.464. The van der Waals surface area contributed by atoms with Gasteiger partial charge in [0.2, 0.25) is 0 Å². The van der Waals surface area contributed by atoms with Gasteiger partial charge in [-0.25, -0.2) is 0 Å². The van der Waals surface area contributed by atoms with E-state index in [-0.39, 0.29) is 0 Å². The highest BCUT2D eigenvalue weighted by molar-refractivity contribution is 5.19. The molecule has 0 fully saturated rings. The van der Waals surface area contributed by atoms with Crippen molar-refractivity contribution in [2.24, 2.45) is 5.73 Å². The molecule has 2 N–H and O–H groups in total. The van der Waals surface area contributed by atoms with Gasteiger partial charge < -0.3 is 14.9 Å². The van der Waals surface area contributed by atoms with E-state index in [1.54, 1.807) is 7.11 Å². The average Bonchev–Trinajstić information content (AvgIpc) is 2.64. The molecule has 1 aromatic heterocycles. The van der Waals surface area contributed by atoms with E-state index >= 15 is 0 Å². The largest absolute Gasteiger partial charge is 0.463 e. The molecule has 0 amide bonds. The zero-order chi connectivity index (χ0) is 12.8. The van der Waals surface area contributed by atoms with Crippen molar-refractivity contribution in [2.75, 3.05) is 20.3 Å². The highest BCUT2D eigenvalue weighted by atomic mass is 16.5. The molecule has 17 heavy (non-hydrogen) atoms. The van der Waals surface area contributed by atoms with Crippen molar-refractivity contribution < 1.29 is 9.15 Å². The summed E-state index contributed by atoms with van der Waals surface area (Å²) in [6.45, 7) is 9.30. The third kappa shape index (κ3) is 4.15. The Morgan fingerprint density at radius 1 is 1.47 bits per heavy atom. The highest BCUT2D eigenvalue weighted by Gasteiger charge is 2.13. The quantitative estimate of drug-likeness (QED) is 0.791. The van der Waals surface area contributed by atoms with Crippen LogP contribution >= 0.6 is 0 Å². The lowest BCUT2D eigenvalue weighted by Gasteiger charge is -2.24. The van der Waals surface area contributed by atoms with E-state index in [0.29, 0.717) is 12.6 Å². The van der Waals surface area contributed by atoms with Gasteiger partial charge in [0.15, 0.2) is 0 Å². The first-order valence-electron chi connectivity index (χ1n) is 6.09. The zero-order valence-corrected chi connectivity index (χ0v) is 11.3. The van der Waals surface area contributed by atoms with Crippen molar-refractivity contribution in [3.05, 3.63) is 23.2 Å². The number of nitrogens with zero attached hydrogens (tertiary/aromatic N) is 1. The first-order valence-corrected chi connectivity index (χ1v) is 6.09. The summed E-state index contributed by atoms with van der Waals surface area (Å²) in [4.78, 5) is 2.32. The lowest BCUT2D eigenvalue weighted by molar-refractivity contribution is 0.119. The second kappa shape index (κ2) is 6.79. The van der Waals surface area contributed by atoms with Crippen molar-refractivity contribution in [1.29, 1.82) is 0 Å². The van der Waals surface area contributed by atoms with Crippen LogP contribution in [0, 0.1) is 6.92 Å². The van der Waals surface area contributed by atoms with E-state index in [0.717, 1.165) is 36.8 Å². The first kappa shape index (κ1) is 14.2. The molecule has 0 atom stereocenters. The van der Waals surface area contributed by atoms with Crippen LogP contribution in [0.2, 0.25) is 0 Å². The normalized spacial score (nSPS) is 11.7. The number of ether oxygens (including phenoxy) is 1. The standard InChI is InChI=1S/C13H24N2O2/c1-10(2)15(5-6-16-4)9-12-7-11(3)13(8-14)17-12/h7,10H,5-6,8-9,14H2,1-4H3. The maximum atomic E-state index is 5.72. The van der Waals surface area contributed by atoms with Crippen LogP contribution in [0.1, 0.15) is 30.9 Å². The summed E-state index contributed by atoms with van der Waals surface area (Å²) in [5.41, 5.74) is 6.74. The molecule has 1 heterocycles. The predicted octanol–water partition coefficient (Wildman–Crippen LogP) is 1.90. The van der Waals surface area contributed by atoms with Gasteiger partial charge in [-0.2, -0.15) is 0 Å². The Labute approximate surface area is 104 Å². The molecule has 4 nitrogen and oxygen atoms in total. The summed E-state index contributed by atoms with van der Waals surface area (Å²) in [7, 11) is 1.72. The minimum absolute atomic E-state index is 0.464. The lowest BCUT2D eigenvalue weighted by Crippen LogP contribution is -2.33. The van der Waals surface area contributed by atoms with Crippen LogP contribution in [0.25, 0.3) is 0 Å². The van der Waals surface area contributed by atoms with Gasteiger partial charge in [0, 0.05) is 19.7 Å². The highest BCUT2D eigenvalue weighted by Crippen LogP contribution is 2.16. The molecule has 0 aliphatic rings. The molecule has 0 aromatic carbocycles. The predicted molar refractivity (Wildman–Crippen MR) is 68.8 cm³/mol. The number of nitrogens with two attached hydrogens (primary N) is 1. The van der Waals surface area contributed by atoms with Crippen molar-refractivity contribution in [2.45, 2.75) is 39.9 Å². The molecule has 0 saturated heterocycles. The topological polar surface area (TPSA) is 51.6 Å². The molecule has 0 bridgehead atoms. The van der Waals surface area contributed by atoms with Gasteiger partial charge in [-0.15, -0.1) is 0 Å². The van der Waals surface area contributed by atoms with Crippen LogP contribution in [-0.4, -0.2) is 31.2 Å². The maximum absolute atomic E-state index is 5.72.